The first-order valence-corrected chi connectivity index (χ1v) is 9.13. The predicted molar refractivity (Wildman–Crippen MR) is 94.9 cm³/mol. The Morgan fingerprint density at radius 1 is 1.38 bits per heavy atom. The zero-order valence-corrected chi connectivity index (χ0v) is 14.5. The van der Waals surface area contributed by atoms with Gasteiger partial charge in [0.1, 0.15) is 11.9 Å². The van der Waals surface area contributed by atoms with Crippen LogP contribution < -0.4 is 5.32 Å². The lowest BCUT2D eigenvalue weighted by Gasteiger charge is -2.11. The zero-order valence-electron chi connectivity index (χ0n) is 14.5. The van der Waals surface area contributed by atoms with Gasteiger partial charge in [-0.1, -0.05) is 25.5 Å². The van der Waals surface area contributed by atoms with E-state index in [0.29, 0.717) is 13.2 Å². The van der Waals surface area contributed by atoms with E-state index in [2.05, 4.69) is 35.0 Å². The molecule has 1 amide bonds. The largest absolute Gasteiger partial charge is 0.368 e. The van der Waals surface area contributed by atoms with Crippen LogP contribution in [0.5, 0.6) is 0 Å². The van der Waals surface area contributed by atoms with Gasteiger partial charge in [0.2, 0.25) is 5.91 Å². The summed E-state index contributed by atoms with van der Waals surface area (Å²) in [5.41, 5.74) is 2.27. The number of aromatic nitrogens is 2. The summed E-state index contributed by atoms with van der Waals surface area (Å²) in [5, 5.41) is 2.99. The summed E-state index contributed by atoms with van der Waals surface area (Å²) in [6, 6.07) is 8.31. The van der Waals surface area contributed by atoms with Crippen molar-refractivity contribution in [2.75, 3.05) is 13.2 Å². The van der Waals surface area contributed by atoms with Gasteiger partial charge < -0.3 is 14.6 Å². The van der Waals surface area contributed by atoms with Crippen molar-refractivity contribution in [3.05, 3.63) is 30.1 Å². The van der Waals surface area contributed by atoms with Crippen LogP contribution >= 0.6 is 0 Å². The van der Waals surface area contributed by atoms with Crippen molar-refractivity contribution in [2.45, 2.75) is 58.1 Å². The van der Waals surface area contributed by atoms with Crippen molar-refractivity contribution < 1.29 is 9.53 Å². The number of aryl methyl sites for hydroxylation is 2. The molecule has 0 aliphatic carbocycles. The number of carbonyl (C=O) groups is 1. The second kappa shape index (κ2) is 8.29. The fourth-order valence-corrected chi connectivity index (χ4v) is 3.24. The molecular weight excluding hydrogens is 302 g/mol. The molecule has 5 heteroatoms. The molecule has 1 saturated heterocycles. The van der Waals surface area contributed by atoms with Gasteiger partial charge in [-0.3, -0.25) is 4.79 Å². The third kappa shape index (κ3) is 3.96. The van der Waals surface area contributed by atoms with E-state index in [9.17, 15) is 4.79 Å². The number of hydrogen-bond acceptors (Lipinski definition) is 3. The summed E-state index contributed by atoms with van der Waals surface area (Å²) in [6.45, 7) is 4.60. The Bertz CT molecular complexity index is 674. The number of rotatable bonds is 8. The Labute approximate surface area is 143 Å². The van der Waals surface area contributed by atoms with Crippen LogP contribution in [-0.2, 0) is 22.5 Å². The van der Waals surface area contributed by atoms with Gasteiger partial charge in [0.05, 0.1) is 11.0 Å². The molecule has 1 unspecified atom stereocenters. The summed E-state index contributed by atoms with van der Waals surface area (Å²) >= 11 is 0. The summed E-state index contributed by atoms with van der Waals surface area (Å²) < 4.78 is 7.74. The van der Waals surface area contributed by atoms with Gasteiger partial charge in [0.15, 0.2) is 0 Å². The number of carbonyl (C=O) groups excluding carboxylic acids is 1. The lowest BCUT2D eigenvalue weighted by Crippen LogP contribution is -2.34. The first-order valence-electron chi connectivity index (χ1n) is 9.13. The molecule has 1 fully saturated rings. The number of nitrogens with zero attached hydrogens (tertiary/aromatic N) is 2. The van der Waals surface area contributed by atoms with Gasteiger partial charge in [0, 0.05) is 26.1 Å². The third-order valence-corrected chi connectivity index (χ3v) is 4.57. The van der Waals surface area contributed by atoms with Crippen LogP contribution in [0.2, 0.25) is 0 Å². The number of ether oxygens (including phenoxy) is 1. The quantitative estimate of drug-likeness (QED) is 0.757. The molecule has 2 heterocycles. The fourth-order valence-electron chi connectivity index (χ4n) is 3.24. The Hall–Kier alpha value is -1.88. The highest BCUT2D eigenvalue weighted by molar-refractivity contribution is 5.80. The van der Waals surface area contributed by atoms with Gasteiger partial charge in [-0.05, 0) is 37.8 Å². The van der Waals surface area contributed by atoms with E-state index >= 15 is 0 Å². The molecule has 1 N–H and O–H groups in total. The highest BCUT2D eigenvalue weighted by Crippen LogP contribution is 2.18. The van der Waals surface area contributed by atoms with E-state index in [-0.39, 0.29) is 12.0 Å². The average molecular weight is 329 g/mol. The van der Waals surface area contributed by atoms with E-state index in [1.165, 1.54) is 11.9 Å². The highest BCUT2D eigenvalue weighted by atomic mass is 16.5. The first kappa shape index (κ1) is 17.0. The van der Waals surface area contributed by atoms with Gasteiger partial charge in [-0.2, -0.15) is 0 Å². The molecule has 1 aromatic carbocycles. The minimum Gasteiger partial charge on any atom is -0.368 e. The standard InChI is InChI=1S/C19H27N3O2/c1-2-3-13-22-16-9-5-4-8-15(16)21-18(22)11-6-12-20-19(23)17-10-7-14-24-17/h4-5,8-9,17H,2-3,6-7,10-14H2,1H3,(H,20,23). The molecule has 3 rings (SSSR count). The Morgan fingerprint density at radius 3 is 3.04 bits per heavy atom. The molecule has 0 spiro atoms. The molecule has 0 bridgehead atoms. The normalized spacial score (nSPS) is 17.5. The topological polar surface area (TPSA) is 56.2 Å². The second-order valence-corrected chi connectivity index (χ2v) is 6.42. The lowest BCUT2D eigenvalue weighted by molar-refractivity contribution is -0.130. The van der Waals surface area contributed by atoms with Crippen molar-refractivity contribution in [2.24, 2.45) is 0 Å². The number of unbranched alkanes of at least 4 members (excludes halogenated alkanes) is 1. The molecule has 1 aliphatic heterocycles. The lowest BCUT2D eigenvalue weighted by atomic mass is 10.2. The molecule has 130 valence electrons. The molecule has 1 atom stereocenters. The van der Waals surface area contributed by atoms with E-state index in [0.717, 1.165) is 50.0 Å². The summed E-state index contributed by atoms with van der Waals surface area (Å²) in [7, 11) is 0. The molecular formula is C19H27N3O2. The second-order valence-electron chi connectivity index (χ2n) is 6.42. The predicted octanol–water partition coefficient (Wildman–Crippen LogP) is 3.06. The Kier molecular flexibility index (Phi) is 5.86. The molecule has 5 nitrogen and oxygen atoms in total. The van der Waals surface area contributed by atoms with Crippen LogP contribution in [0.4, 0.5) is 0 Å². The van der Waals surface area contributed by atoms with E-state index in [1.807, 2.05) is 6.07 Å². The molecule has 2 aromatic rings. The SMILES string of the molecule is CCCCn1c(CCCNC(=O)C2CCCO2)nc2ccccc21. The summed E-state index contributed by atoms with van der Waals surface area (Å²) in [4.78, 5) is 16.7. The highest BCUT2D eigenvalue weighted by Gasteiger charge is 2.22. The fraction of sp³-hybridized carbons (Fsp3) is 0.579. The van der Waals surface area contributed by atoms with Crippen LogP contribution in [-0.4, -0.2) is 34.7 Å². The van der Waals surface area contributed by atoms with E-state index in [1.54, 1.807) is 0 Å². The summed E-state index contributed by atoms with van der Waals surface area (Å²) in [6.07, 6.45) is 5.70. The van der Waals surface area contributed by atoms with Gasteiger partial charge in [-0.15, -0.1) is 0 Å². The third-order valence-electron chi connectivity index (χ3n) is 4.57. The van der Waals surface area contributed by atoms with Gasteiger partial charge in [-0.25, -0.2) is 4.98 Å². The maximum atomic E-state index is 11.9. The van der Waals surface area contributed by atoms with E-state index in [4.69, 9.17) is 9.72 Å². The molecule has 24 heavy (non-hydrogen) atoms. The molecule has 0 saturated carbocycles. The average Bonchev–Trinajstić information content (AvgIpc) is 3.24. The van der Waals surface area contributed by atoms with Gasteiger partial charge >= 0.3 is 0 Å². The van der Waals surface area contributed by atoms with Crippen LogP contribution in [0.25, 0.3) is 11.0 Å². The molecule has 1 aliphatic rings. The maximum absolute atomic E-state index is 11.9. The van der Waals surface area contributed by atoms with Crippen molar-refractivity contribution in [3.8, 4) is 0 Å². The monoisotopic (exact) mass is 329 g/mol. The Morgan fingerprint density at radius 2 is 2.25 bits per heavy atom. The van der Waals surface area contributed by atoms with Crippen LogP contribution in [0.1, 0.15) is 44.9 Å². The van der Waals surface area contributed by atoms with Crippen molar-refractivity contribution in [1.82, 2.24) is 14.9 Å². The number of benzene rings is 1. The zero-order chi connectivity index (χ0) is 16.8. The number of nitrogens with one attached hydrogen (secondary N) is 1. The maximum Gasteiger partial charge on any atom is 0.249 e. The van der Waals surface area contributed by atoms with Crippen molar-refractivity contribution in [3.63, 3.8) is 0 Å². The van der Waals surface area contributed by atoms with Crippen molar-refractivity contribution in [1.29, 1.82) is 0 Å². The minimum absolute atomic E-state index is 0.0342. The van der Waals surface area contributed by atoms with Crippen LogP contribution in [0.3, 0.4) is 0 Å². The first-order chi connectivity index (χ1) is 11.8. The number of fused-ring (bicyclic) bond motifs is 1. The van der Waals surface area contributed by atoms with Crippen molar-refractivity contribution >= 4 is 16.9 Å². The number of amides is 1. The Balaban J connectivity index is 1.56. The number of hydrogen-bond donors (Lipinski definition) is 1. The van der Waals surface area contributed by atoms with Crippen LogP contribution in [0, 0.1) is 0 Å². The molecule has 1 aromatic heterocycles. The molecule has 0 radical (unpaired) electrons. The smallest absolute Gasteiger partial charge is 0.249 e. The minimum atomic E-state index is -0.237. The number of imidazole rings is 1. The van der Waals surface area contributed by atoms with Crippen LogP contribution in [0.15, 0.2) is 24.3 Å². The summed E-state index contributed by atoms with van der Waals surface area (Å²) in [5.74, 6) is 1.16. The van der Waals surface area contributed by atoms with E-state index < -0.39 is 0 Å². The van der Waals surface area contributed by atoms with Gasteiger partial charge in [0.25, 0.3) is 0 Å². The number of para-hydroxylation sites is 2.